The summed E-state index contributed by atoms with van der Waals surface area (Å²) in [6.45, 7) is 4.01. The van der Waals surface area contributed by atoms with Crippen molar-refractivity contribution >= 4 is 35.2 Å². The molecule has 2 aromatic rings. The van der Waals surface area contributed by atoms with E-state index in [1.807, 2.05) is 38.1 Å². The van der Waals surface area contributed by atoms with Crippen molar-refractivity contribution in [1.29, 1.82) is 0 Å². The van der Waals surface area contributed by atoms with Gasteiger partial charge in [-0.15, -0.1) is 11.8 Å². The molecule has 0 saturated carbocycles. The predicted molar refractivity (Wildman–Crippen MR) is 111 cm³/mol. The molecule has 0 spiro atoms. The number of thioether (sulfide) groups is 1. The van der Waals surface area contributed by atoms with E-state index in [9.17, 15) is 14.4 Å². The van der Waals surface area contributed by atoms with Gasteiger partial charge >= 0.3 is 5.97 Å². The van der Waals surface area contributed by atoms with Gasteiger partial charge in [-0.05, 0) is 44.2 Å². The molecule has 2 amide bonds. The van der Waals surface area contributed by atoms with Gasteiger partial charge in [-0.1, -0.05) is 23.8 Å². The molecule has 148 valence electrons. The Kier molecular flexibility index (Phi) is 8.55. The fourth-order valence-corrected chi connectivity index (χ4v) is 3.14. The van der Waals surface area contributed by atoms with E-state index in [0.717, 1.165) is 4.90 Å². The van der Waals surface area contributed by atoms with Crippen LogP contribution in [0.15, 0.2) is 53.4 Å². The average molecular weight is 401 g/mol. The van der Waals surface area contributed by atoms with E-state index in [-0.39, 0.29) is 18.9 Å². The van der Waals surface area contributed by atoms with Crippen molar-refractivity contribution in [2.24, 2.45) is 0 Å². The smallest absolute Gasteiger partial charge is 0.307 e. The van der Waals surface area contributed by atoms with Crippen LogP contribution in [-0.2, 0) is 14.3 Å². The van der Waals surface area contributed by atoms with Crippen molar-refractivity contribution in [1.82, 2.24) is 5.32 Å². The summed E-state index contributed by atoms with van der Waals surface area (Å²) in [6, 6.07) is 14.6. The lowest BCUT2D eigenvalue weighted by atomic mass is 10.2. The first-order chi connectivity index (χ1) is 13.5. The lowest BCUT2D eigenvalue weighted by Crippen LogP contribution is -2.23. The van der Waals surface area contributed by atoms with Crippen LogP contribution < -0.4 is 10.6 Å². The SMILES string of the molecule is CCNC(=O)c1cccc(NC(=O)COC(=O)CCSc2ccc(C)cc2)c1. The molecule has 0 aliphatic heterocycles. The molecular formula is C21H24N2O4S. The van der Waals surface area contributed by atoms with E-state index in [0.29, 0.717) is 23.5 Å². The third kappa shape index (κ3) is 7.44. The third-order valence-electron chi connectivity index (χ3n) is 3.71. The molecule has 28 heavy (non-hydrogen) atoms. The van der Waals surface area contributed by atoms with Gasteiger partial charge in [0.25, 0.3) is 11.8 Å². The Balaban J connectivity index is 1.71. The zero-order valence-corrected chi connectivity index (χ0v) is 16.8. The van der Waals surface area contributed by atoms with Gasteiger partial charge in [0.2, 0.25) is 0 Å². The predicted octanol–water partition coefficient (Wildman–Crippen LogP) is 3.41. The molecular weight excluding hydrogens is 376 g/mol. The van der Waals surface area contributed by atoms with Crippen molar-refractivity contribution in [2.45, 2.75) is 25.2 Å². The van der Waals surface area contributed by atoms with E-state index < -0.39 is 11.9 Å². The van der Waals surface area contributed by atoms with E-state index in [2.05, 4.69) is 10.6 Å². The third-order valence-corrected chi connectivity index (χ3v) is 4.72. The molecule has 0 aromatic heterocycles. The monoisotopic (exact) mass is 400 g/mol. The van der Waals surface area contributed by atoms with Crippen molar-refractivity contribution in [3.8, 4) is 0 Å². The lowest BCUT2D eigenvalue weighted by Gasteiger charge is -2.08. The molecule has 0 saturated heterocycles. The molecule has 0 fully saturated rings. The number of hydrogen-bond donors (Lipinski definition) is 2. The molecule has 0 bridgehead atoms. The lowest BCUT2D eigenvalue weighted by molar-refractivity contribution is -0.146. The number of carbonyl (C=O) groups excluding carboxylic acids is 3. The van der Waals surface area contributed by atoms with Gasteiger partial charge in [0.15, 0.2) is 6.61 Å². The Morgan fingerprint density at radius 2 is 1.82 bits per heavy atom. The highest BCUT2D eigenvalue weighted by Gasteiger charge is 2.10. The number of ether oxygens (including phenoxy) is 1. The minimum atomic E-state index is -0.451. The minimum Gasteiger partial charge on any atom is -0.456 e. The minimum absolute atomic E-state index is 0.212. The maximum absolute atomic E-state index is 12.0. The van der Waals surface area contributed by atoms with Crippen LogP contribution in [0.5, 0.6) is 0 Å². The van der Waals surface area contributed by atoms with E-state index in [1.54, 1.807) is 36.0 Å². The maximum atomic E-state index is 12.0. The van der Waals surface area contributed by atoms with E-state index in [4.69, 9.17) is 4.74 Å². The number of hydrogen-bond acceptors (Lipinski definition) is 5. The highest BCUT2D eigenvalue weighted by atomic mass is 32.2. The molecule has 6 nitrogen and oxygen atoms in total. The van der Waals surface area contributed by atoms with Crippen molar-refractivity contribution in [3.63, 3.8) is 0 Å². The zero-order valence-electron chi connectivity index (χ0n) is 16.0. The van der Waals surface area contributed by atoms with Gasteiger partial charge < -0.3 is 15.4 Å². The molecule has 0 unspecified atom stereocenters. The van der Waals surface area contributed by atoms with Crippen molar-refractivity contribution in [3.05, 3.63) is 59.7 Å². The van der Waals surface area contributed by atoms with Crippen molar-refractivity contribution < 1.29 is 19.1 Å². The molecule has 0 atom stereocenters. The number of rotatable bonds is 9. The molecule has 2 rings (SSSR count). The summed E-state index contributed by atoms with van der Waals surface area (Å²) >= 11 is 1.56. The van der Waals surface area contributed by atoms with Gasteiger partial charge in [-0.25, -0.2) is 0 Å². The van der Waals surface area contributed by atoms with Crippen LogP contribution >= 0.6 is 11.8 Å². The fraction of sp³-hybridized carbons (Fsp3) is 0.286. The maximum Gasteiger partial charge on any atom is 0.307 e. The van der Waals surface area contributed by atoms with Gasteiger partial charge in [-0.3, -0.25) is 14.4 Å². The first kappa shape index (κ1) is 21.5. The topological polar surface area (TPSA) is 84.5 Å². The van der Waals surface area contributed by atoms with Crippen LogP contribution in [-0.4, -0.2) is 36.7 Å². The summed E-state index contributed by atoms with van der Waals surface area (Å²) in [4.78, 5) is 36.7. The Labute approximate surface area is 169 Å². The van der Waals surface area contributed by atoms with Gasteiger partial charge in [0.05, 0.1) is 6.42 Å². The number of esters is 1. The molecule has 2 N–H and O–H groups in total. The Bertz CT molecular complexity index is 821. The van der Waals surface area contributed by atoms with Gasteiger partial charge in [0, 0.05) is 28.4 Å². The summed E-state index contributed by atoms with van der Waals surface area (Å²) in [5, 5.41) is 5.31. The van der Waals surface area contributed by atoms with Gasteiger partial charge in [0.1, 0.15) is 0 Å². The second-order valence-electron chi connectivity index (χ2n) is 6.06. The number of anilines is 1. The highest BCUT2D eigenvalue weighted by Crippen LogP contribution is 2.19. The zero-order chi connectivity index (χ0) is 20.4. The van der Waals surface area contributed by atoms with Crippen molar-refractivity contribution in [2.75, 3.05) is 24.2 Å². The number of carbonyl (C=O) groups is 3. The summed E-state index contributed by atoms with van der Waals surface area (Å²) in [6.07, 6.45) is 0.221. The normalized spacial score (nSPS) is 10.2. The van der Waals surface area contributed by atoms with E-state index >= 15 is 0 Å². The van der Waals surface area contributed by atoms with Crippen LogP contribution in [0.1, 0.15) is 29.3 Å². The largest absolute Gasteiger partial charge is 0.456 e. The summed E-state index contributed by atoms with van der Waals surface area (Å²) in [7, 11) is 0. The van der Waals surface area contributed by atoms with Crippen LogP contribution in [0.25, 0.3) is 0 Å². The Hall–Kier alpha value is -2.80. The summed E-state index contributed by atoms with van der Waals surface area (Å²) in [5.74, 6) is -0.507. The first-order valence-electron chi connectivity index (χ1n) is 9.01. The molecule has 0 aliphatic rings. The van der Waals surface area contributed by atoms with Crippen LogP contribution in [0.4, 0.5) is 5.69 Å². The highest BCUT2D eigenvalue weighted by molar-refractivity contribution is 7.99. The number of benzene rings is 2. The molecule has 0 aliphatic carbocycles. The van der Waals surface area contributed by atoms with Crippen LogP contribution in [0, 0.1) is 6.92 Å². The van der Waals surface area contributed by atoms with Crippen LogP contribution in [0.2, 0.25) is 0 Å². The fourth-order valence-electron chi connectivity index (χ4n) is 2.30. The first-order valence-corrected chi connectivity index (χ1v) is 9.99. The van der Waals surface area contributed by atoms with Crippen LogP contribution in [0.3, 0.4) is 0 Å². The summed E-state index contributed by atoms with van der Waals surface area (Å²) < 4.78 is 5.01. The Morgan fingerprint density at radius 3 is 2.54 bits per heavy atom. The quantitative estimate of drug-likeness (QED) is 0.498. The second kappa shape index (κ2) is 11.1. The number of aryl methyl sites for hydroxylation is 1. The summed E-state index contributed by atoms with van der Waals surface area (Å²) in [5.41, 5.74) is 2.11. The average Bonchev–Trinajstić information content (AvgIpc) is 2.68. The molecule has 7 heteroatoms. The van der Waals surface area contributed by atoms with Gasteiger partial charge in [-0.2, -0.15) is 0 Å². The second-order valence-corrected chi connectivity index (χ2v) is 7.23. The molecule has 2 aromatic carbocycles. The van der Waals surface area contributed by atoms with E-state index in [1.165, 1.54) is 5.56 Å². The number of amides is 2. The molecule has 0 radical (unpaired) electrons. The Morgan fingerprint density at radius 1 is 1.07 bits per heavy atom. The molecule has 0 heterocycles. The number of nitrogens with one attached hydrogen (secondary N) is 2. The standard InChI is InChI=1S/C21H24N2O4S/c1-3-22-21(26)16-5-4-6-17(13-16)23-19(24)14-27-20(25)11-12-28-18-9-7-15(2)8-10-18/h4-10,13H,3,11-12,14H2,1-2H3,(H,22,26)(H,23,24).